The summed E-state index contributed by atoms with van der Waals surface area (Å²) in [6, 6.07) is 15.2. The lowest BCUT2D eigenvalue weighted by atomic mass is 9.90. The third-order valence-corrected chi connectivity index (χ3v) is 6.72. The number of rotatable bonds is 7. The molecule has 1 saturated heterocycles. The van der Waals surface area contributed by atoms with Gasteiger partial charge < -0.3 is 9.64 Å². The Morgan fingerprint density at radius 2 is 1.75 bits per heavy atom. The van der Waals surface area contributed by atoms with Gasteiger partial charge in [-0.05, 0) is 69.2 Å². The molecule has 2 amide bonds. The number of aryl methyl sites for hydroxylation is 1. The highest BCUT2D eigenvalue weighted by atomic mass is 16.5. The predicted octanol–water partition coefficient (Wildman–Crippen LogP) is 4.77. The van der Waals surface area contributed by atoms with E-state index in [1.807, 2.05) is 49.1 Å². The normalized spacial score (nSPS) is 17.4. The Morgan fingerprint density at radius 1 is 1.09 bits per heavy atom. The van der Waals surface area contributed by atoms with E-state index in [4.69, 9.17) is 4.74 Å². The molecule has 0 saturated carbocycles. The Kier molecular flexibility index (Phi) is 6.63. The molecule has 0 unspecified atom stereocenters. The van der Waals surface area contributed by atoms with Crippen LogP contribution in [0.25, 0.3) is 5.70 Å². The van der Waals surface area contributed by atoms with Crippen LogP contribution >= 0.6 is 0 Å². The average molecular weight is 433 g/mol. The second kappa shape index (κ2) is 9.60. The van der Waals surface area contributed by atoms with Crippen molar-refractivity contribution in [3.63, 3.8) is 0 Å². The van der Waals surface area contributed by atoms with Gasteiger partial charge in [0.1, 0.15) is 11.8 Å². The van der Waals surface area contributed by atoms with E-state index in [1.165, 1.54) is 5.56 Å². The minimum Gasteiger partial charge on any atom is -0.494 e. The molecule has 0 spiro atoms. The number of benzene rings is 2. The third kappa shape index (κ3) is 4.43. The zero-order valence-electron chi connectivity index (χ0n) is 19.0. The Labute approximate surface area is 190 Å². The summed E-state index contributed by atoms with van der Waals surface area (Å²) in [5.74, 6) is 1.42. The summed E-state index contributed by atoms with van der Waals surface area (Å²) < 4.78 is 5.51. The average Bonchev–Trinajstić information content (AvgIpc) is 3.08. The molecule has 4 rings (SSSR count). The standard InChI is InChI=1S/C27H32N2O3/c1-4-32-23-13-11-21(12-14-23)9-10-22-15-17-28(18-16-22)26(30)20(3)29-19(2)24-7-5-6-8-25(24)27(29)31/h5-8,11-14,20,22H,2,4,9-10,15-18H2,1,3H3/t20-/m0/s1. The first-order valence-corrected chi connectivity index (χ1v) is 11.6. The highest BCUT2D eigenvalue weighted by Crippen LogP contribution is 2.34. The van der Waals surface area contributed by atoms with Gasteiger partial charge in [-0.1, -0.05) is 36.9 Å². The maximum absolute atomic E-state index is 13.2. The van der Waals surface area contributed by atoms with Crippen LogP contribution in [0.15, 0.2) is 55.1 Å². The van der Waals surface area contributed by atoms with Gasteiger partial charge in [-0.3, -0.25) is 14.5 Å². The molecule has 2 aliphatic heterocycles. The van der Waals surface area contributed by atoms with Crippen LogP contribution in [0.2, 0.25) is 0 Å². The summed E-state index contributed by atoms with van der Waals surface area (Å²) >= 11 is 0. The van der Waals surface area contributed by atoms with Gasteiger partial charge in [0.15, 0.2) is 0 Å². The molecule has 5 nitrogen and oxygen atoms in total. The fraction of sp³-hybridized carbons (Fsp3) is 0.407. The summed E-state index contributed by atoms with van der Waals surface area (Å²) in [6.07, 6.45) is 4.18. The molecule has 168 valence electrons. The van der Waals surface area contributed by atoms with Gasteiger partial charge in [0, 0.05) is 29.9 Å². The van der Waals surface area contributed by atoms with Crippen LogP contribution in [0, 0.1) is 5.92 Å². The number of hydrogen-bond acceptors (Lipinski definition) is 3. The molecule has 32 heavy (non-hydrogen) atoms. The van der Waals surface area contributed by atoms with Crippen molar-refractivity contribution in [2.75, 3.05) is 19.7 Å². The molecule has 1 fully saturated rings. The van der Waals surface area contributed by atoms with Crippen LogP contribution < -0.4 is 4.74 Å². The summed E-state index contributed by atoms with van der Waals surface area (Å²) in [6.45, 7) is 10.1. The molecule has 2 aromatic rings. The summed E-state index contributed by atoms with van der Waals surface area (Å²) in [4.78, 5) is 29.5. The number of likely N-dealkylation sites (tertiary alicyclic amines) is 1. The van der Waals surface area contributed by atoms with Crippen molar-refractivity contribution in [3.8, 4) is 5.75 Å². The van der Waals surface area contributed by atoms with E-state index in [1.54, 1.807) is 11.0 Å². The number of amides is 2. The van der Waals surface area contributed by atoms with Crippen LogP contribution in [0.4, 0.5) is 0 Å². The van der Waals surface area contributed by atoms with Crippen molar-refractivity contribution in [3.05, 3.63) is 71.8 Å². The molecule has 2 heterocycles. The summed E-state index contributed by atoms with van der Waals surface area (Å²) in [5.41, 5.74) is 3.40. The molecule has 0 aromatic heterocycles. The Bertz CT molecular complexity index is 955. The smallest absolute Gasteiger partial charge is 0.259 e. The van der Waals surface area contributed by atoms with Gasteiger partial charge in [0.25, 0.3) is 5.91 Å². The number of nitrogens with zero attached hydrogens (tertiary/aromatic N) is 2. The van der Waals surface area contributed by atoms with Gasteiger partial charge in [-0.15, -0.1) is 0 Å². The van der Waals surface area contributed by atoms with Gasteiger partial charge >= 0.3 is 0 Å². The molecule has 0 aliphatic carbocycles. The van der Waals surface area contributed by atoms with E-state index in [0.29, 0.717) is 23.8 Å². The van der Waals surface area contributed by atoms with Gasteiger partial charge in [0.2, 0.25) is 5.91 Å². The van der Waals surface area contributed by atoms with Crippen molar-refractivity contribution < 1.29 is 14.3 Å². The van der Waals surface area contributed by atoms with E-state index in [0.717, 1.165) is 50.1 Å². The molecular formula is C27H32N2O3. The molecule has 2 aliphatic rings. The largest absolute Gasteiger partial charge is 0.494 e. The molecule has 5 heteroatoms. The molecular weight excluding hydrogens is 400 g/mol. The van der Waals surface area contributed by atoms with Crippen LogP contribution in [0.1, 0.15) is 54.6 Å². The van der Waals surface area contributed by atoms with Crippen LogP contribution in [0.5, 0.6) is 5.75 Å². The molecule has 0 bridgehead atoms. The quantitative estimate of drug-likeness (QED) is 0.633. The first-order chi connectivity index (χ1) is 15.5. The monoisotopic (exact) mass is 432 g/mol. The number of piperidine rings is 1. The minimum absolute atomic E-state index is 0.0114. The lowest BCUT2D eigenvalue weighted by Gasteiger charge is -2.36. The van der Waals surface area contributed by atoms with Crippen LogP contribution in [0.3, 0.4) is 0 Å². The fourth-order valence-corrected chi connectivity index (χ4v) is 4.82. The number of hydrogen-bond donors (Lipinski definition) is 0. The van der Waals surface area contributed by atoms with Crippen molar-refractivity contribution >= 4 is 17.5 Å². The third-order valence-electron chi connectivity index (χ3n) is 6.72. The number of ether oxygens (including phenoxy) is 1. The lowest BCUT2D eigenvalue weighted by Crippen LogP contribution is -2.49. The first kappa shape index (κ1) is 22.1. The fourth-order valence-electron chi connectivity index (χ4n) is 4.82. The second-order valence-electron chi connectivity index (χ2n) is 8.73. The number of fused-ring (bicyclic) bond motifs is 1. The highest BCUT2D eigenvalue weighted by molar-refractivity contribution is 6.10. The molecule has 1 atom stereocenters. The second-order valence-corrected chi connectivity index (χ2v) is 8.73. The van der Waals surface area contributed by atoms with Crippen molar-refractivity contribution in [2.45, 2.75) is 45.6 Å². The van der Waals surface area contributed by atoms with E-state index in [9.17, 15) is 9.59 Å². The Morgan fingerprint density at radius 3 is 2.38 bits per heavy atom. The van der Waals surface area contributed by atoms with Gasteiger partial charge in [-0.25, -0.2) is 0 Å². The summed E-state index contributed by atoms with van der Waals surface area (Å²) in [5, 5.41) is 0. The van der Waals surface area contributed by atoms with E-state index in [-0.39, 0.29) is 11.8 Å². The summed E-state index contributed by atoms with van der Waals surface area (Å²) in [7, 11) is 0. The molecule has 2 aromatic carbocycles. The highest BCUT2D eigenvalue weighted by Gasteiger charge is 2.38. The molecule has 0 radical (unpaired) electrons. The van der Waals surface area contributed by atoms with E-state index < -0.39 is 6.04 Å². The lowest BCUT2D eigenvalue weighted by molar-refractivity contribution is -0.136. The van der Waals surface area contributed by atoms with E-state index in [2.05, 4.69) is 18.7 Å². The number of carbonyl (C=O) groups excluding carboxylic acids is 2. The molecule has 0 N–H and O–H groups in total. The minimum atomic E-state index is -0.539. The maximum atomic E-state index is 13.2. The predicted molar refractivity (Wildman–Crippen MR) is 126 cm³/mol. The number of carbonyl (C=O) groups is 2. The SMILES string of the molecule is C=C1c2ccccc2C(=O)N1[C@@H](C)C(=O)N1CCC(CCc2ccc(OCC)cc2)CC1. The van der Waals surface area contributed by atoms with Gasteiger partial charge in [-0.2, -0.15) is 0 Å². The van der Waals surface area contributed by atoms with Crippen molar-refractivity contribution in [2.24, 2.45) is 5.92 Å². The van der Waals surface area contributed by atoms with Gasteiger partial charge in [0.05, 0.1) is 6.61 Å². The van der Waals surface area contributed by atoms with E-state index >= 15 is 0 Å². The zero-order valence-corrected chi connectivity index (χ0v) is 19.0. The zero-order chi connectivity index (χ0) is 22.7. The van der Waals surface area contributed by atoms with Crippen LogP contribution in [-0.4, -0.2) is 47.4 Å². The Balaban J connectivity index is 1.28. The van der Waals surface area contributed by atoms with Crippen molar-refractivity contribution in [1.29, 1.82) is 0 Å². The maximum Gasteiger partial charge on any atom is 0.259 e. The first-order valence-electron chi connectivity index (χ1n) is 11.6. The van der Waals surface area contributed by atoms with Crippen LogP contribution in [-0.2, 0) is 11.2 Å². The Hall–Kier alpha value is -3.08. The van der Waals surface area contributed by atoms with Crippen molar-refractivity contribution in [1.82, 2.24) is 9.80 Å². The topological polar surface area (TPSA) is 49.9 Å².